The number of carbonyl (C=O) groups excluding carboxylic acids is 2. The highest BCUT2D eigenvalue weighted by Crippen LogP contribution is 2.15. The van der Waals surface area contributed by atoms with Gasteiger partial charge < -0.3 is 10.6 Å². The number of hydrogen-bond donors (Lipinski definition) is 3. The minimum atomic E-state index is -3.80. The van der Waals surface area contributed by atoms with Gasteiger partial charge in [0.1, 0.15) is 0 Å². The van der Waals surface area contributed by atoms with Crippen molar-refractivity contribution in [2.75, 3.05) is 18.4 Å². The fraction of sp³-hybridized carbons (Fsp3) is 0.300. The van der Waals surface area contributed by atoms with Crippen molar-refractivity contribution >= 4 is 27.5 Å². The molecule has 0 radical (unpaired) electrons. The van der Waals surface area contributed by atoms with Gasteiger partial charge in [-0.3, -0.25) is 9.59 Å². The Labute approximate surface area is 165 Å². The number of benzene rings is 2. The summed E-state index contributed by atoms with van der Waals surface area (Å²) in [6, 6.07) is 10.3. The highest BCUT2D eigenvalue weighted by Gasteiger charge is 2.16. The number of hydrogen-bond acceptors (Lipinski definition) is 4. The Morgan fingerprint density at radius 1 is 0.786 bits per heavy atom. The molecule has 0 fully saturated rings. The van der Waals surface area contributed by atoms with E-state index in [2.05, 4.69) is 15.4 Å². The zero-order valence-corrected chi connectivity index (χ0v) is 17.2. The zero-order valence-electron chi connectivity index (χ0n) is 16.4. The summed E-state index contributed by atoms with van der Waals surface area (Å²) in [6.07, 6.45) is 0. The van der Waals surface area contributed by atoms with Gasteiger partial charge in [0.25, 0.3) is 0 Å². The third-order valence-corrected chi connectivity index (χ3v) is 5.85. The van der Waals surface area contributed by atoms with E-state index < -0.39 is 28.4 Å². The van der Waals surface area contributed by atoms with Crippen molar-refractivity contribution in [2.45, 2.75) is 32.6 Å². The number of rotatable bonds is 7. The van der Waals surface area contributed by atoms with Crippen molar-refractivity contribution in [2.24, 2.45) is 0 Å². The van der Waals surface area contributed by atoms with E-state index in [0.29, 0.717) is 5.69 Å². The van der Waals surface area contributed by atoms with Crippen molar-refractivity contribution in [1.29, 1.82) is 0 Å². The van der Waals surface area contributed by atoms with E-state index in [-0.39, 0.29) is 11.4 Å². The van der Waals surface area contributed by atoms with Gasteiger partial charge in [-0.2, -0.15) is 0 Å². The van der Waals surface area contributed by atoms with Crippen molar-refractivity contribution in [3.8, 4) is 0 Å². The summed E-state index contributed by atoms with van der Waals surface area (Å²) in [7, 11) is -3.80. The average molecular weight is 404 g/mol. The van der Waals surface area contributed by atoms with Gasteiger partial charge in [-0.25, -0.2) is 13.1 Å². The summed E-state index contributed by atoms with van der Waals surface area (Å²) in [4.78, 5) is 23.9. The molecule has 0 saturated carbocycles. The van der Waals surface area contributed by atoms with Crippen molar-refractivity contribution in [3.05, 3.63) is 58.7 Å². The second kappa shape index (κ2) is 8.99. The van der Waals surface area contributed by atoms with Gasteiger partial charge in [0.05, 0.1) is 18.0 Å². The molecule has 0 aliphatic heterocycles. The average Bonchev–Trinajstić information content (AvgIpc) is 2.63. The van der Waals surface area contributed by atoms with Gasteiger partial charge in [0.15, 0.2) is 0 Å². The maximum Gasteiger partial charge on any atom is 0.243 e. The first-order valence-corrected chi connectivity index (χ1v) is 10.3. The van der Waals surface area contributed by atoms with Crippen molar-refractivity contribution in [3.63, 3.8) is 0 Å². The predicted molar refractivity (Wildman–Crippen MR) is 109 cm³/mol. The summed E-state index contributed by atoms with van der Waals surface area (Å²) in [5.74, 6) is -0.990. The topological polar surface area (TPSA) is 104 Å². The molecule has 7 nitrogen and oxygen atoms in total. The first kappa shape index (κ1) is 21.6. The van der Waals surface area contributed by atoms with E-state index in [4.69, 9.17) is 0 Å². The van der Waals surface area contributed by atoms with Crippen LogP contribution in [0.15, 0.2) is 41.3 Å². The quantitative estimate of drug-likeness (QED) is 0.657. The van der Waals surface area contributed by atoms with Crippen LogP contribution in [0.25, 0.3) is 0 Å². The highest BCUT2D eigenvalue weighted by molar-refractivity contribution is 7.89. The largest absolute Gasteiger partial charge is 0.346 e. The molecular weight excluding hydrogens is 378 g/mol. The Hall–Kier alpha value is -2.71. The van der Waals surface area contributed by atoms with Crippen LogP contribution in [0.1, 0.15) is 22.3 Å². The van der Waals surface area contributed by atoms with Crippen LogP contribution in [0.2, 0.25) is 0 Å². The number of nitrogens with one attached hydrogen (secondary N) is 3. The maximum atomic E-state index is 12.3. The third kappa shape index (κ3) is 5.90. The molecule has 2 aromatic carbocycles. The summed E-state index contributed by atoms with van der Waals surface area (Å²) < 4.78 is 26.8. The monoisotopic (exact) mass is 403 g/mol. The molecular formula is C20H25N3O4S. The Morgan fingerprint density at radius 3 is 2.00 bits per heavy atom. The van der Waals surface area contributed by atoms with Crippen LogP contribution in [-0.2, 0) is 19.6 Å². The molecule has 0 unspecified atom stereocenters. The molecule has 0 atom stereocenters. The zero-order chi connectivity index (χ0) is 20.9. The molecule has 150 valence electrons. The lowest BCUT2D eigenvalue weighted by molar-refractivity contribution is -0.123. The van der Waals surface area contributed by atoms with E-state index in [9.17, 15) is 18.0 Å². The second-order valence-corrected chi connectivity index (χ2v) is 8.46. The Bertz CT molecular complexity index is 1000. The molecule has 0 aliphatic rings. The molecule has 0 bridgehead atoms. The number of aryl methyl sites for hydroxylation is 4. The fourth-order valence-electron chi connectivity index (χ4n) is 2.39. The molecule has 0 saturated heterocycles. The second-order valence-electron chi connectivity index (χ2n) is 6.69. The van der Waals surface area contributed by atoms with Crippen LogP contribution < -0.4 is 15.4 Å². The minimum absolute atomic E-state index is 0.0934. The van der Waals surface area contributed by atoms with E-state index in [1.54, 1.807) is 18.2 Å². The minimum Gasteiger partial charge on any atom is -0.346 e. The number of sulfonamides is 1. The summed E-state index contributed by atoms with van der Waals surface area (Å²) in [5.41, 5.74) is 4.62. The Morgan fingerprint density at radius 2 is 1.39 bits per heavy atom. The van der Waals surface area contributed by atoms with Crippen LogP contribution in [0.4, 0.5) is 5.69 Å². The number of carbonyl (C=O) groups is 2. The lowest BCUT2D eigenvalue weighted by atomic mass is 10.1. The van der Waals surface area contributed by atoms with Crippen LogP contribution in [0.3, 0.4) is 0 Å². The van der Waals surface area contributed by atoms with E-state index >= 15 is 0 Å². The Balaban J connectivity index is 1.83. The first-order valence-electron chi connectivity index (χ1n) is 8.79. The number of anilines is 1. The van der Waals surface area contributed by atoms with Crippen molar-refractivity contribution in [1.82, 2.24) is 10.0 Å². The first-order chi connectivity index (χ1) is 13.1. The lowest BCUT2D eigenvalue weighted by Crippen LogP contribution is -2.40. The maximum absolute atomic E-state index is 12.3. The van der Waals surface area contributed by atoms with Crippen LogP contribution >= 0.6 is 0 Å². The molecule has 8 heteroatoms. The smallest absolute Gasteiger partial charge is 0.243 e. The van der Waals surface area contributed by atoms with E-state index in [1.165, 1.54) is 6.07 Å². The van der Waals surface area contributed by atoms with Gasteiger partial charge in [-0.05, 0) is 74.2 Å². The van der Waals surface area contributed by atoms with E-state index in [0.717, 1.165) is 22.3 Å². The number of amides is 2. The van der Waals surface area contributed by atoms with Gasteiger partial charge in [-0.1, -0.05) is 12.1 Å². The van der Waals surface area contributed by atoms with E-state index in [1.807, 2.05) is 39.8 Å². The molecule has 0 spiro atoms. The third-order valence-electron chi connectivity index (χ3n) is 4.45. The lowest BCUT2D eigenvalue weighted by Gasteiger charge is -2.10. The summed E-state index contributed by atoms with van der Waals surface area (Å²) in [5, 5.41) is 5.08. The standard InChI is InChI=1S/C20H25N3O4S/c1-13-5-7-17(9-15(13)3)23-20(25)11-21-19(24)12-22-28(26,27)18-8-6-14(2)16(4)10-18/h5-10,22H,11-12H2,1-4H3,(H,21,24)(H,23,25). The molecule has 0 aliphatic carbocycles. The van der Waals surface area contributed by atoms with Crippen LogP contribution in [0.5, 0.6) is 0 Å². The van der Waals surface area contributed by atoms with Gasteiger partial charge >= 0.3 is 0 Å². The SMILES string of the molecule is Cc1ccc(NC(=O)CNC(=O)CNS(=O)(=O)c2ccc(C)c(C)c2)cc1C. The molecule has 3 N–H and O–H groups in total. The van der Waals surface area contributed by atoms with Gasteiger partial charge in [-0.15, -0.1) is 0 Å². The molecule has 2 rings (SSSR count). The highest BCUT2D eigenvalue weighted by atomic mass is 32.2. The van der Waals surface area contributed by atoms with Gasteiger partial charge in [0, 0.05) is 5.69 Å². The molecule has 2 aromatic rings. The van der Waals surface area contributed by atoms with Crippen LogP contribution in [-0.4, -0.2) is 33.3 Å². The van der Waals surface area contributed by atoms with Gasteiger partial charge in [0.2, 0.25) is 21.8 Å². The predicted octanol–water partition coefficient (Wildman–Crippen LogP) is 1.95. The molecule has 28 heavy (non-hydrogen) atoms. The molecule has 0 aromatic heterocycles. The molecule has 0 heterocycles. The summed E-state index contributed by atoms with van der Waals surface area (Å²) in [6.45, 7) is 6.91. The summed E-state index contributed by atoms with van der Waals surface area (Å²) >= 11 is 0. The van der Waals surface area contributed by atoms with Crippen LogP contribution in [0, 0.1) is 27.7 Å². The Kier molecular flexibility index (Phi) is 6.93. The normalized spacial score (nSPS) is 11.1. The fourth-order valence-corrected chi connectivity index (χ4v) is 3.46. The molecule has 2 amide bonds. The van der Waals surface area contributed by atoms with Crippen molar-refractivity contribution < 1.29 is 18.0 Å².